The Balaban J connectivity index is 2.11. The third-order valence-electron chi connectivity index (χ3n) is 5.23. The molecule has 4 atom stereocenters. The first kappa shape index (κ1) is 27.3. The molecule has 0 fully saturated rings. The van der Waals surface area contributed by atoms with E-state index in [-0.39, 0.29) is 19.3 Å². The highest BCUT2D eigenvalue weighted by atomic mass is 16.4. The monoisotopic (exact) mass is 491 g/mol. The van der Waals surface area contributed by atoms with Crippen LogP contribution in [0.25, 0.3) is 10.9 Å². The van der Waals surface area contributed by atoms with Gasteiger partial charge in [0.15, 0.2) is 6.04 Å². The number of aromatic amines is 1. The largest absolute Gasteiger partial charge is 0.481 e. The number of carbonyl (C=O) groups is 5. The number of para-hydroxylation sites is 1. The van der Waals surface area contributed by atoms with E-state index in [0.29, 0.717) is 5.56 Å². The molecule has 0 saturated heterocycles. The second kappa shape index (κ2) is 12.5. The summed E-state index contributed by atoms with van der Waals surface area (Å²) < 4.78 is 0. The predicted octanol–water partition coefficient (Wildman–Crippen LogP) is -1.55. The number of aliphatic carboxylic acids is 2. The highest BCUT2D eigenvalue weighted by Gasteiger charge is 2.30. The summed E-state index contributed by atoms with van der Waals surface area (Å²) >= 11 is 0. The number of aliphatic hydroxyl groups is 1. The van der Waals surface area contributed by atoms with Crippen molar-refractivity contribution in [1.82, 2.24) is 20.9 Å². The van der Waals surface area contributed by atoms with E-state index in [1.165, 1.54) is 6.92 Å². The van der Waals surface area contributed by atoms with Gasteiger partial charge in [0.2, 0.25) is 17.7 Å². The zero-order chi connectivity index (χ0) is 26.1. The van der Waals surface area contributed by atoms with Crippen molar-refractivity contribution in [2.24, 2.45) is 5.73 Å². The average Bonchev–Trinajstić information content (AvgIpc) is 3.21. The predicted molar refractivity (Wildman–Crippen MR) is 123 cm³/mol. The first-order chi connectivity index (χ1) is 16.5. The molecule has 9 N–H and O–H groups in total. The molecule has 0 aliphatic rings. The van der Waals surface area contributed by atoms with Crippen LogP contribution in [0.1, 0.15) is 25.3 Å². The van der Waals surface area contributed by atoms with Gasteiger partial charge in [0.25, 0.3) is 0 Å². The summed E-state index contributed by atoms with van der Waals surface area (Å²) in [6.45, 7) is 0.658. The zero-order valence-electron chi connectivity index (χ0n) is 19.0. The van der Waals surface area contributed by atoms with Crippen LogP contribution in [0.2, 0.25) is 0 Å². The Kier molecular flexibility index (Phi) is 9.73. The standard InChI is InChI=1S/C22H29N5O8/c1-11(28)19(22(34)35)27-21(33)16(8-12-9-24-15-5-3-2-4-13(12)15)26-17(29)10-25-20(32)14(23)6-7-18(30)31/h2-5,9,11,14,16,19,24,28H,6-8,10,23H2,1H3,(H,25,32)(H,26,29)(H,27,33)(H,30,31)(H,34,35). The molecule has 1 aromatic carbocycles. The number of nitrogens with one attached hydrogen (secondary N) is 4. The van der Waals surface area contributed by atoms with Crippen LogP contribution in [0, 0.1) is 0 Å². The number of carboxylic acid groups (broad SMARTS) is 2. The van der Waals surface area contributed by atoms with Crippen LogP contribution in [0.3, 0.4) is 0 Å². The molecule has 35 heavy (non-hydrogen) atoms. The van der Waals surface area contributed by atoms with Crippen LogP contribution in [0.5, 0.6) is 0 Å². The van der Waals surface area contributed by atoms with E-state index in [2.05, 4.69) is 20.9 Å². The highest BCUT2D eigenvalue weighted by molar-refractivity contribution is 5.93. The molecule has 0 saturated carbocycles. The van der Waals surface area contributed by atoms with Gasteiger partial charge in [-0.25, -0.2) is 4.79 Å². The Hall–Kier alpha value is -3.97. The highest BCUT2D eigenvalue weighted by Crippen LogP contribution is 2.19. The minimum atomic E-state index is -1.60. The minimum Gasteiger partial charge on any atom is -0.481 e. The summed E-state index contributed by atoms with van der Waals surface area (Å²) in [4.78, 5) is 62.4. The van der Waals surface area contributed by atoms with Crippen molar-refractivity contribution in [3.8, 4) is 0 Å². The van der Waals surface area contributed by atoms with Gasteiger partial charge in [0.1, 0.15) is 6.04 Å². The van der Waals surface area contributed by atoms with E-state index in [1.807, 2.05) is 18.2 Å². The van der Waals surface area contributed by atoms with Gasteiger partial charge >= 0.3 is 11.9 Å². The topological polar surface area (TPSA) is 224 Å². The van der Waals surface area contributed by atoms with Gasteiger partial charge in [-0.05, 0) is 25.0 Å². The smallest absolute Gasteiger partial charge is 0.328 e. The quantitative estimate of drug-likeness (QED) is 0.162. The Morgan fingerprint density at radius 2 is 1.74 bits per heavy atom. The fourth-order valence-electron chi connectivity index (χ4n) is 3.33. The minimum absolute atomic E-state index is 0.0141. The van der Waals surface area contributed by atoms with Crippen molar-refractivity contribution in [2.75, 3.05) is 6.54 Å². The van der Waals surface area contributed by atoms with Crippen LogP contribution >= 0.6 is 0 Å². The summed E-state index contributed by atoms with van der Waals surface area (Å²) in [6.07, 6.45) is -0.192. The average molecular weight is 492 g/mol. The van der Waals surface area contributed by atoms with E-state index >= 15 is 0 Å². The normalized spacial score (nSPS) is 14.4. The Morgan fingerprint density at radius 3 is 2.37 bits per heavy atom. The third kappa shape index (κ3) is 8.08. The summed E-state index contributed by atoms with van der Waals surface area (Å²) in [5, 5.41) is 35.4. The molecule has 4 unspecified atom stereocenters. The van der Waals surface area contributed by atoms with Crippen molar-refractivity contribution < 1.29 is 39.3 Å². The van der Waals surface area contributed by atoms with Crippen molar-refractivity contribution >= 4 is 40.6 Å². The number of benzene rings is 1. The first-order valence-corrected chi connectivity index (χ1v) is 10.8. The number of aromatic nitrogens is 1. The zero-order valence-corrected chi connectivity index (χ0v) is 19.0. The van der Waals surface area contributed by atoms with Gasteiger partial charge in [-0.3, -0.25) is 19.2 Å². The summed E-state index contributed by atoms with van der Waals surface area (Å²) in [7, 11) is 0. The number of nitrogens with two attached hydrogens (primary N) is 1. The van der Waals surface area contributed by atoms with E-state index in [9.17, 15) is 34.2 Å². The second-order valence-corrected chi connectivity index (χ2v) is 8.01. The lowest BCUT2D eigenvalue weighted by molar-refractivity contribution is -0.145. The maximum Gasteiger partial charge on any atom is 0.328 e. The number of carboxylic acids is 2. The Bertz CT molecular complexity index is 1080. The summed E-state index contributed by atoms with van der Waals surface area (Å²) in [6, 6.07) is 3.28. The number of hydrogen-bond acceptors (Lipinski definition) is 7. The number of aliphatic hydroxyl groups excluding tert-OH is 1. The number of fused-ring (bicyclic) bond motifs is 1. The lowest BCUT2D eigenvalue weighted by atomic mass is 10.0. The van der Waals surface area contributed by atoms with Crippen LogP contribution in [0.4, 0.5) is 0 Å². The number of carbonyl (C=O) groups excluding carboxylic acids is 3. The maximum absolute atomic E-state index is 12.9. The van der Waals surface area contributed by atoms with Gasteiger partial charge in [0, 0.05) is 29.9 Å². The summed E-state index contributed by atoms with van der Waals surface area (Å²) in [5.41, 5.74) is 7.07. The molecule has 1 aromatic heterocycles. The molecule has 3 amide bonds. The number of H-pyrrole nitrogens is 1. The lowest BCUT2D eigenvalue weighted by Crippen LogP contribution is -2.56. The SMILES string of the molecule is CC(O)C(NC(=O)C(Cc1c[nH]c2ccccc12)NC(=O)CNC(=O)C(N)CCC(=O)O)C(=O)O. The molecule has 0 radical (unpaired) electrons. The first-order valence-electron chi connectivity index (χ1n) is 10.8. The molecular weight excluding hydrogens is 462 g/mol. The molecule has 1 heterocycles. The van der Waals surface area contributed by atoms with Crippen LogP contribution in [0.15, 0.2) is 30.5 Å². The van der Waals surface area contributed by atoms with Gasteiger partial charge in [0.05, 0.1) is 18.7 Å². The second-order valence-electron chi connectivity index (χ2n) is 8.01. The number of hydrogen-bond donors (Lipinski definition) is 8. The van der Waals surface area contributed by atoms with Crippen molar-refractivity contribution in [1.29, 1.82) is 0 Å². The van der Waals surface area contributed by atoms with E-state index in [4.69, 9.17) is 10.8 Å². The Morgan fingerprint density at radius 1 is 1.06 bits per heavy atom. The van der Waals surface area contributed by atoms with Crippen molar-refractivity contribution in [3.05, 3.63) is 36.0 Å². The Labute approximate surface area is 200 Å². The fourth-order valence-corrected chi connectivity index (χ4v) is 3.33. The maximum atomic E-state index is 12.9. The molecule has 0 aliphatic heterocycles. The van der Waals surface area contributed by atoms with Crippen LogP contribution in [-0.2, 0) is 30.4 Å². The number of amides is 3. The number of rotatable bonds is 13. The fraction of sp³-hybridized carbons (Fsp3) is 0.409. The van der Waals surface area contributed by atoms with Crippen LogP contribution < -0.4 is 21.7 Å². The molecule has 13 heteroatoms. The lowest BCUT2D eigenvalue weighted by Gasteiger charge is -2.23. The van der Waals surface area contributed by atoms with Gasteiger partial charge in [-0.2, -0.15) is 0 Å². The molecular formula is C22H29N5O8. The van der Waals surface area contributed by atoms with Crippen LogP contribution in [-0.4, -0.2) is 80.7 Å². The van der Waals surface area contributed by atoms with Gasteiger partial charge in [-0.15, -0.1) is 0 Å². The van der Waals surface area contributed by atoms with E-state index < -0.39 is 60.4 Å². The third-order valence-corrected chi connectivity index (χ3v) is 5.23. The molecule has 0 aliphatic carbocycles. The van der Waals surface area contributed by atoms with Crippen molar-refractivity contribution in [2.45, 2.75) is 50.4 Å². The van der Waals surface area contributed by atoms with E-state index in [1.54, 1.807) is 12.3 Å². The van der Waals surface area contributed by atoms with E-state index in [0.717, 1.165) is 10.9 Å². The molecule has 0 spiro atoms. The summed E-state index contributed by atoms with van der Waals surface area (Å²) in [5.74, 6) is -4.91. The molecule has 190 valence electrons. The molecule has 0 bridgehead atoms. The van der Waals surface area contributed by atoms with Gasteiger partial charge in [-0.1, -0.05) is 18.2 Å². The molecule has 2 aromatic rings. The van der Waals surface area contributed by atoms with Gasteiger partial charge < -0.3 is 42.0 Å². The molecule has 2 rings (SSSR count). The molecule has 13 nitrogen and oxygen atoms in total. The van der Waals surface area contributed by atoms with Crippen molar-refractivity contribution in [3.63, 3.8) is 0 Å².